The van der Waals surface area contributed by atoms with Gasteiger partial charge < -0.3 is 10.2 Å². The number of hydrogen-bond donors (Lipinski definition) is 1. The minimum absolute atomic E-state index is 0.205. The Morgan fingerprint density at radius 2 is 2.18 bits per heavy atom. The molecule has 0 bridgehead atoms. The third-order valence-corrected chi connectivity index (χ3v) is 6.82. The minimum Gasteiger partial charge on any atom is -0.348 e. The molecule has 1 aliphatic rings. The number of rotatable bonds is 4. The molecule has 1 amide bonds. The first-order valence-electron chi connectivity index (χ1n) is 9.82. The van der Waals surface area contributed by atoms with Crippen molar-refractivity contribution in [3.8, 4) is 0 Å². The molecule has 0 saturated heterocycles. The van der Waals surface area contributed by atoms with Crippen LogP contribution in [0.15, 0.2) is 6.33 Å². The van der Waals surface area contributed by atoms with Crippen LogP contribution in [-0.4, -0.2) is 57.6 Å². The molecule has 1 N–H and O–H groups in total. The average Bonchev–Trinajstić information content (AvgIpc) is 3.20. The monoisotopic (exact) mass is 400 g/mol. The maximum absolute atomic E-state index is 12.4. The second kappa shape index (κ2) is 7.08. The number of fused-ring (bicyclic) bond motifs is 5. The smallest absolute Gasteiger partial charge is 0.291 e. The van der Waals surface area contributed by atoms with E-state index < -0.39 is 0 Å². The maximum atomic E-state index is 12.4. The predicted octanol–water partition coefficient (Wildman–Crippen LogP) is 2.78. The highest BCUT2D eigenvalue weighted by atomic mass is 32.1. The summed E-state index contributed by atoms with van der Waals surface area (Å²) in [7, 11) is 3.95. The van der Waals surface area contributed by atoms with E-state index in [4.69, 9.17) is 0 Å². The van der Waals surface area contributed by atoms with Gasteiger partial charge in [0.2, 0.25) is 5.82 Å². The Morgan fingerprint density at radius 1 is 1.39 bits per heavy atom. The molecule has 0 fully saturated rings. The van der Waals surface area contributed by atoms with Crippen molar-refractivity contribution in [2.45, 2.75) is 40.0 Å². The molecular weight excluding hydrogens is 372 g/mol. The Labute approximate surface area is 169 Å². The average molecular weight is 401 g/mol. The highest BCUT2D eigenvalue weighted by Crippen LogP contribution is 2.43. The molecule has 0 spiro atoms. The van der Waals surface area contributed by atoms with Crippen molar-refractivity contribution in [1.29, 1.82) is 0 Å². The minimum atomic E-state index is -0.240. The highest BCUT2D eigenvalue weighted by molar-refractivity contribution is 7.19. The van der Waals surface area contributed by atoms with E-state index in [1.165, 1.54) is 16.9 Å². The molecular formula is C20H28N6OS. The van der Waals surface area contributed by atoms with Crippen molar-refractivity contribution in [3.63, 3.8) is 0 Å². The summed E-state index contributed by atoms with van der Waals surface area (Å²) in [6.45, 7) is 8.32. The first-order valence-corrected chi connectivity index (χ1v) is 10.6. The van der Waals surface area contributed by atoms with Crippen LogP contribution >= 0.6 is 11.3 Å². The molecule has 0 aliphatic heterocycles. The molecule has 0 saturated carbocycles. The van der Waals surface area contributed by atoms with Gasteiger partial charge >= 0.3 is 0 Å². The van der Waals surface area contributed by atoms with E-state index >= 15 is 0 Å². The lowest BCUT2D eigenvalue weighted by molar-refractivity contribution is 0.0941. The Balaban J connectivity index is 1.68. The number of carbonyl (C=O) groups excluding carboxylic acids is 1. The zero-order valence-electron chi connectivity index (χ0n) is 17.2. The molecule has 150 valence electrons. The number of amides is 1. The van der Waals surface area contributed by atoms with Gasteiger partial charge in [0.1, 0.15) is 11.2 Å². The van der Waals surface area contributed by atoms with E-state index in [0.717, 1.165) is 35.3 Å². The molecule has 3 aromatic rings. The third-order valence-electron chi connectivity index (χ3n) is 5.66. The standard InChI is InChI=1S/C20H28N6OS/c1-20(2,3)12-6-7-13-14(10-12)28-19-15(13)17-23-16(24-26(17)11-22-19)18(27)21-8-9-25(4)5/h11-12H,6-10H2,1-5H3,(H,21,27)/t12-/m0/s1. The number of likely N-dealkylation sites (N-methyl/N-ethyl adjacent to an activating group) is 1. The van der Waals surface area contributed by atoms with Gasteiger partial charge in [-0.25, -0.2) is 14.5 Å². The number of thiophene rings is 1. The summed E-state index contributed by atoms with van der Waals surface area (Å²) in [4.78, 5) is 26.0. The van der Waals surface area contributed by atoms with Crippen LogP contribution in [0.1, 0.15) is 48.3 Å². The molecule has 7 nitrogen and oxygen atoms in total. The van der Waals surface area contributed by atoms with Gasteiger partial charge in [-0.1, -0.05) is 20.8 Å². The molecule has 0 aromatic carbocycles. The lowest BCUT2D eigenvalue weighted by atomic mass is 9.72. The molecule has 28 heavy (non-hydrogen) atoms. The fourth-order valence-corrected chi connectivity index (χ4v) is 5.14. The van der Waals surface area contributed by atoms with E-state index in [2.05, 4.69) is 41.2 Å². The topological polar surface area (TPSA) is 75.4 Å². The Kier molecular flexibility index (Phi) is 4.87. The Morgan fingerprint density at radius 3 is 2.89 bits per heavy atom. The summed E-state index contributed by atoms with van der Waals surface area (Å²) in [5.41, 5.74) is 2.41. The molecule has 1 aliphatic carbocycles. The maximum Gasteiger partial charge on any atom is 0.291 e. The number of carbonyl (C=O) groups is 1. The second-order valence-electron chi connectivity index (χ2n) is 9.00. The van der Waals surface area contributed by atoms with Crippen molar-refractivity contribution in [2.24, 2.45) is 11.3 Å². The number of hydrogen-bond acceptors (Lipinski definition) is 6. The summed E-state index contributed by atoms with van der Waals surface area (Å²) >= 11 is 1.77. The van der Waals surface area contributed by atoms with E-state index in [-0.39, 0.29) is 11.7 Å². The van der Waals surface area contributed by atoms with Crippen LogP contribution in [0.4, 0.5) is 0 Å². The largest absolute Gasteiger partial charge is 0.348 e. The molecule has 8 heteroatoms. The van der Waals surface area contributed by atoms with Crippen molar-refractivity contribution in [1.82, 2.24) is 29.8 Å². The van der Waals surface area contributed by atoms with Crippen LogP contribution < -0.4 is 5.32 Å². The van der Waals surface area contributed by atoms with Crippen LogP contribution in [0.25, 0.3) is 15.9 Å². The van der Waals surface area contributed by atoms with Crippen molar-refractivity contribution in [3.05, 3.63) is 22.6 Å². The summed E-state index contributed by atoms with van der Waals surface area (Å²) in [5, 5.41) is 8.32. The normalized spacial score (nSPS) is 17.4. The number of nitrogens with zero attached hydrogens (tertiary/aromatic N) is 5. The molecule has 1 atom stereocenters. The first kappa shape index (κ1) is 19.3. The summed E-state index contributed by atoms with van der Waals surface area (Å²) in [5.74, 6) is 0.645. The fraction of sp³-hybridized carbons (Fsp3) is 0.600. The number of aryl methyl sites for hydroxylation is 1. The van der Waals surface area contributed by atoms with E-state index in [1.807, 2.05) is 19.0 Å². The lowest BCUT2D eigenvalue weighted by Crippen LogP contribution is -2.31. The Hall–Kier alpha value is -2.06. The number of aromatic nitrogens is 4. The molecule has 0 unspecified atom stereocenters. The SMILES string of the molecule is CN(C)CCNC(=O)c1nc2c3c4c(sc3ncn2n1)C[C@@H](C(C)(C)C)CC4. The highest BCUT2D eigenvalue weighted by Gasteiger charge is 2.32. The zero-order chi connectivity index (χ0) is 20.1. The van der Waals surface area contributed by atoms with Gasteiger partial charge in [0, 0.05) is 18.0 Å². The van der Waals surface area contributed by atoms with Gasteiger partial charge in [0.05, 0.1) is 5.39 Å². The number of nitrogens with one attached hydrogen (secondary N) is 1. The Bertz CT molecular complexity index is 1030. The van der Waals surface area contributed by atoms with E-state index in [9.17, 15) is 4.79 Å². The van der Waals surface area contributed by atoms with E-state index in [0.29, 0.717) is 17.9 Å². The van der Waals surface area contributed by atoms with Crippen molar-refractivity contribution in [2.75, 3.05) is 27.2 Å². The zero-order valence-corrected chi connectivity index (χ0v) is 18.1. The fourth-order valence-electron chi connectivity index (χ4n) is 3.88. The third kappa shape index (κ3) is 3.51. The van der Waals surface area contributed by atoms with Crippen LogP contribution in [0.3, 0.4) is 0 Å². The summed E-state index contributed by atoms with van der Waals surface area (Å²) < 4.78 is 1.64. The van der Waals surface area contributed by atoms with Crippen LogP contribution in [0, 0.1) is 11.3 Å². The molecule has 3 aromatic heterocycles. The van der Waals surface area contributed by atoms with Gasteiger partial charge in [-0.2, -0.15) is 0 Å². The van der Waals surface area contributed by atoms with Gasteiger partial charge in [-0.05, 0) is 50.3 Å². The first-order chi connectivity index (χ1) is 13.2. The molecule has 4 rings (SSSR count). The molecule has 3 heterocycles. The molecule has 0 radical (unpaired) electrons. The van der Waals surface area contributed by atoms with Gasteiger partial charge in [-0.15, -0.1) is 16.4 Å². The lowest BCUT2D eigenvalue weighted by Gasteiger charge is -2.33. The van der Waals surface area contributed by atoms with Gasteiger partial charge in [-0.3, -0.25) is 4.79 Å². The second-order valence-corrected chi connectivity index (χ2v) is 10.1. The quantitative estimate of drug-likeness (QED) is 0.729. The van der Waals surface area contributed by atoms with Crippen molar-refractivity contribution < 1.29 is 4.79 Å². The van der Waals surface area contributed by atoms with Gasteiger partial charge in [0.15, 0.2) is 5.65 Å². The van der Waals surface area contributed by atoms with Crippen LogP contribution in [0.5, 0.6) is 0 Å². The van der Waals surface area contributed by atoms with Gasteiger partial charge in [0.25, 0.3) is 5.91 Å². The van der Waals surface area contributed by atoms with Crippen LogP contribution in [-0.2, 0) is 12.8 Å². The summed E-state index contributed by atoms with van der Waals surface area (Å²) in [6, 6.07) is 0. The van der Waals surface area contributed by atoms with E-state index in [1.54, 1.807) is 22.2 Å². The predicted molar refractivity (Wildman–Crippen MR) is 112 cm³/mol. The van der Waals surface area contributed by atoms with Crippen LogP contribution in [0.2, 0.25) is 0 Å². The summed E-state index contributed by atoms with van der Waals surface area (Å²) in [6.07, 6.45) is 4.98. The van der Waals surface area contributed by atoms with Crippen molar-refractivity contribution >= 4 is 33.1 Å².